The summed E-state index contributed by atoms with van der Waals surface area (Å²) in [6.45, 7) is 5.40. The van der Waals surface area contributed by atoms with Gasteiger partial charge in [-0.15, -0.1) is 11.8 Å². The van der Waals surface area contributed by atoms with Gasteiger partial charge in [0.2, 0.25) is 5.91 Å². The zero-order valence-corrected chi connectivity index (χ0v) is 14.6. The number of rotatable bonds is 6. The normalized spacial score (nSPS) is 12.9. The molecule has 7 heteroatoms. The molecule has 1 amide bonds. The molecule has 1 aliphatic rings. The predicted octanol–water partition coefficient (Wildman–Crippen LogP) is 2.61. The van der Waals surface area contributed by atoms with Gasteiger partial charge in [-0.05, 0) is 31.5 Å². The molecule has 1 aliphatic heterocycles. The minimum Gasteiger partial charge on any atom is -0.486 e. The highest BCUT2D eigenvalue weighted by molar-refractivity contribution is 7.99. The molecule has 1 N–H and O–H groups in total. The average molecular weight is 348 g/mol. The summed E-state index contributed by atoms with van der Waals surface area (Å²) in [4.78, 5) is 12.0. The van der Waals surface area contributed by atoms with Crippen molar-refractivity contribution in [1.29, 1.82) is 0 Å². The Balaban J connectivity index is 1.44. The quantitative estimate of drug-likeness (QED) is 0.865. The van der Waals surface area contributed by atoms with Gasteiger partial charge in [-0.25, -0.2) is 0 Å². The van der Waals surface area contributed by atoms with E-state index in [1.807, 2.05) is 32.0 Å². The van der Waals surface area contributed by atoms with Crippen molar-refractivity contribution in [3.63, 3.8) is 0 Å². The number of ether oxygens (including phenoxy) is 2. The van der Waals surface area contributed by atoms with Gasteiger partial charge < -0.3 is 19.3 Å². The Morgan fingerprint density at radius 1 is 1.25 bits per heavy atom. The fourth-order valence-electron chi connectivity index (χ4n) is 2.40. The lowest BCUT2D eigenvalue weighted by Gasteiger charge is -2.18. The first-order chi connectivity index (χ1) is 11.6. The number of thioether (sulfide) groups is 1. The molecule has 0 fully saturated rings. The van der Waals surface area contributed by atoms with Gasteiger partial charge in [-0.2, -0.15) is 0 Å². The van der Waals surface area contributed by atoms with Crippen LogP contribution in [0.5, 0.6) is 11.5 Å². The smallest absolute Gasteiger partial charge is 0.230 e. The van der Waals surface area contributed by atoms with E-state index >= 15 is 0 Å². The summed E-state index contributed by atoms with van der Waals surface area (Å²) in [6, 6.07) is 5.72. The first kappa shape index (κ1) is 16.7. The lowest BCUT2D eigenvalue weighted by atomic mass is 10.2. The molecule has 0 spiro atoms. The SMILES string of the molecule is Cc1noc(C)c1CSCC(=O)NCc1ccc2c(c1)OCCO2. The minimum atomic E-state index is 0.00153. The fourth-order valence-corrected chi connectivity index (χ4v) is 3.41. The van der Waals surface area contributed by atoms with Crippen molar-refractivity contribution < 1.29 is 18.8 Å². The topological polar surface area (TPSA) is 73.6 Å². The maximum atomic E-state index is 12.0. The van der Waals surface area contributed by atoms with Crippen molar-refractivity contribution in [1.82, 2.24) is 10.5 Å². The van der Waals surface area contributed by atoms with Crippen LogP contribution < -0.4 is 14.8 Å². The van der Waals surface area contributed by atoms with Gasteiger partial charge in [-0.1, -0.05) is 11.2 Å². The van der Waals surface area contributed by atoms with Crippen LogP contribution in [-0.4, -0.2) is 30.0 Å². The van der Waals surface area contributed by atoms with E-state index in [0.717, 1.165) is 39.8 Å². The van der Waals surface area contributed by atoms with Gasteiger partial charge in [-0.3, -0.25) is 4.79 Å². The van der Waals surface area contributed by atoms with Crippen molar-refractivity contribution in [2.75, 3.05) is 19.0 Å². The number of benzene rings is 1. The van der Waals surface area contributed by atoms with E-state index in [4.69, 9.17) is 14.0 Å². The highest BCUT2D eigenvalue weighted by Gasteiger charge is 2.13. The molecule has 24 heavy (non-hydrogen) atoms. The van der Waals surface area contributed by atoms with Gasteiger partial charge in [0, 0.05) is 17.9 Å². The molecule has 6 nitrogen and oxygen atoms in total. The third-order valence-corrected chi connectivity index (χ3v) is 4.72. The zero-order valence-electron chi connectivity index (χ0n) is 13.8. The third kappa shape index (κ3) is 4.03. The van der Waals surface area contributed by atoms with E-state index in [9.17, 15) is 4.79 Å². The maximum absolute atomic E-state index is 12.0. The van der Waals surface area contributed by atoms with Crippen LogP contribution >= 0.6 is 11.8 Å². The number of aromatic nitrogens is 1. The van der Waals surface area contributed by atoms with E-state index < -0.39 is 0 Å². The number of hydrogen-bond donors (Lipinski definition) is 1. The maximum Gasteiger partial charge on any atom is 0.230 e. The van der Waals surface area contributed by atoms with E-state index in [-0.39, 0.29) is 5.91 Å². The average Bonchev–Trinajstić information content (AvgIpc) is 2.91. The summed E-state index contributed by atoms with van der Waals surface area (Å²) >= 11 is 1.55. The monoisotopic (exact) mass is 348 g/mol. The number of carbonyl (C=O) groups is 1. The van der Waals surface area contributed by atoms with E-state index in [0.29, 0.717) is 25.5 Å². The molecule has 2 heterocycles. The summed E-state index contributed by atoms with van der Waals surface area (Å²) in [5.74, 6) is 3.43. The van der Waals surface area contributed by atoms with E-state index in [2.05, 4.69) is 10.5 Å². The summed E-state index contributed by atoms with van der Waals surface area (Å²) in [7, 11) is 0. The van der Waals surface area contributed by atoms with Crippen molar-refractivity contribution in [2.45, 2.75) is 26.1 Å². The van der Waals surface area contributed by atoms with E-state index in [1.54, 1.807) is 11.8 Å². The highest BCUT2D eigenvalue weighted by atomic mass is 32.2. The summed E-state index contributed by atoms with van der Waals surface area (Å²) in [6.07, 6.45) is 0. The number of hydrogen-bond acceptors (Lipinski definition) is 6. The Morgan fingerprint density at radius 3 is 2.79 bits per heavy atom. The molecule has 0 aliphatic carbocycles. The Bertz CT molecular complexity index is 710. The van der Waals surface area contributed by atoms with Crippen LogP contribution in [-0.2, 0) is 17.1 Å². The molecule has 0 atom stereocenters. The second-order valence-corrected chi connectivity index (χ2v) is 6.54. The van der Waals surface area contributed by atoms with Crippen molar-refractivity contribution >= 4 is 17.7 Å². The first-order valence-electron chi connectivity index (χ1n) is 7.78. The van der Waals surface area contributed by atoms with Crippen LogP contribution in [0.4, 0.5) is 0 Å². The molecule has 0 saturated carbocycles. The van der Waals surface area contributed by atoms with Crippen LogP contribution in [0.2, 0.25) is 0 Å². The molecule has 1 aromatic heterocycles. The van der Waals surface area contributed by atoms with Gasteiger partial charge in [0.25, 0.3) is 0 Å². The lowest BCUT2D eigenvalue weighted by Crippen LogP contribution is -2.24. The Labute approximate surface area is 144 Å². The molecule has 128 valence electrons. The number of amides is 1. The molecule has 2 aromatic rings. The Hall–Kier alpha value is -2.15. The molecular formula is C17H20N2O4S. The zero-order chi connectivity index (χ0) is 16.9. The molecule has 1 aromatic carbocycles. The van der Waals surface area contributed by atoms with Crippen LogP contribution in [0.25, 0.3) is 0 Å². The molecule has 3 rings (SSSR count). The fraction of sp³-hybridized carbons (Fsp3) is 0.412. The van der Waals surface area contributed by atoms with Crippen LogP contribution in [0.15, 0.2) is 22.7 Å². The van der Waals surface area contributed by atoms with Crippen molar-refractivity contribution in [3.8, 4) is 11.5 Å². The van der Waals surface area contributed by atoms with Crippen LogP contribution in [0, 0.1) is 13.8 Å². The van der Waals surface area contributed by atoms with Gasteiger partial charge in [0.05, 0.1) is 11.4 Å². The van der Waals surface area contributed by atoms with Crippen LogP contribution in [0.3, 0.4) is 0 Å². The molecule has 0 unspecified atom stereocenters. The number of nitrogens with zero attached hydrogens (tertiary/aromatic N) is 1. The summed E-state index contributed by atoms with van der Waals surface area (Å²) in [5, 5.41) is 6.83. The predicted molar refractivity (Wildman–Crippen MR) is 91.4 cm³/mol. The number of nitrogens with one attached hydrogen (secondary N) is 1. The summed E-state index contributed by atoms with van der Waals surface area (Å²) in [5.41, 5.74) is 2.94. The number of carbonyl (C=O) groups excluding carboxylic acids is 1. The van der Waals surface area contributed by atoms with E-state index in [1.165, 1.54) is 0 Å². The molecule has 0 radical (unpaired) electrons. The van der Waals surface area contributed by atoms with Gasteiger partial charge in [0.1, 0.15) is 19.0 Å². The second-order valence-electron chi connectivity index (χ2n) is 5.55. The number of fused-ring (bicyclic) bond motifs is 1. The van der Waals surface area contributed by atoms with Gasteiger partial charge >= 0.3 is 0 Å². The molecular weight excluding hydrogens is 328 g/mol. The summed E-state index contributed by atoms with van der Waals surface area (Å²) < 4.78 is 16.1. The standard InChI is InChI=1S/C17H20N2O4S/c1-11-14(12(2)23-19-11)9-24-10-17(20)18-8-13-3-4-15-16(7-13)22-6-5-21-15/h3-4,7H,5-6,8-10H2,1-2H3,(H,18,20). The Kier molecular flexibility index (Phi) is 5.30. The van der Waals surface area contributed by atoms with Crippen LogP contribution in [0.1, 0.15) is 22.6 Å². The first-order valence-corrected chi connectivity index (χ1v) is 8.93. The molecule has 0 saturated heterocycles. The molecule has 0 bridgehead atoms. The van der Waals surface area contributed by atoms with Crippen molar-refractivity contribution in [2.24, 2.45) is 0 Å². The Morgan fingerprint density at radius 2 is 2.04 bits per heavy atom. The number of aryl methyl sites for hydroxylation is 2. The third-order valence-electron chi connectivity index (χ3n) is 3.76. The van der Waals surface area contributed by atoms with Gasteiger partial charge in [0.15, 0.2) is 11.5 Å². The minimum absolute atomic E-state index is 0.00153. The lowest BCUT2D eigenvalue weighted by molar-refractivity contribution is -0.118. The highest BCUT2D eigenvalue weighted by Crippen LogP contribution is 2.30. The van der Waals surface area contributed by atoms with Crippen molar-refractivity contribution in [3.05, 3.63) is 40.8 Å². The second kappa shape index (κ2) is 7.61. The largest absolute Gasteiger partial charge is 0.486 e.